The first kappa shape index (κ1) is 14.5. The number of allylic oxidation sites excluding steroid dienone is 1. The molecule has 0 bridgehead atoms. The smallest absolute Gasteiger partial charge is 0.226 e. The van der Waals surface area contributed by atoms with E-state index in [1.54, 1.807) is 22.9 Å². The highest BCUT2D eigenvalue weighted by molar-refractivity contribution is 5.77. The highest BCUT2D eigenvalue weighted by Gasteiger charge is 2.24. The second-order valence-corrected chi connectivity index (χ2v) is 5.35. The standard InChI is InChI=1S/C17H11F3N4/c18-11-3-1-10(2-4-11)16-8-15(23-17-21-9-22-24(16)17)13-6-5-12(19)7-14(13)20/h1-9,16H,(H,21,22,23)/t16-/m0/s1. The van der Waals surface area contributed by atoms with Gasteiger partial charge in [0.25, 0.3) is 0 Å². The minimum atomic E-state index is -0.681. The first-order chi connectivity index (χ1) is 11.6. The quantitative estimate of drug-likeness (QED) is 0.779. The number of nitrogens with zero attached hydrogens (tertiary/aromatic N) is 3. The van der Waals surface area contributed by atoms with Gasteiger partial charge in [-0.2, -0.15) is 10.1 Å². The van der Waals surface area contributed by atoms with Crippen LogP contribution in [0.3, 0.4) is 0 Å². The molecule has 2 aromatic carbocycles. The molecule has 1 aliphatic heterocycles. The van der Waals surface area contributed by atoms with E-state index in [2.05, 4.69) is 15.4 Å². The Morgan fingerprint density at radius 1 is 0.958 bits per heavy atom. The Bertz CT molecular complexity index is 931. The number of fused-ring (bicyclic) bond motifs is 1. The van der Waals surface area contributed by atoms with Gasteiger partial charge in [-0.25, -0.2) is 17.9 Å². The number of rotatable bonds is 2. The van der Waals surface area contributed by atoms with Crippen LogP contribution in [0.25, 0.3) is 5.70 Å². The van der Waals surface area contributed by atoms with Gasteiger partial charge in [0, 0.05) is 17.3 Å². The Hall–Kier alpha value is -3.09. The highest BCUT2D eigenvalue weighted by Crippen LogP contribution is 2.32. The van der Waals surface area contributed by atoms with Crippen molar-refractivity contribution in [3.05, 3.63) is 83.4 Å². The number of hydrogen-bond acceptors (Lipinski definition) is 3. The minimum Gasteiger partial charge on any atom is -0.324 e. The lowest BCUT2D eigenvalue weighted by Gasteiger charge is -2.24. The molecule has 24 heavy (non-hydrogen) atoms. The molecule has 0 radical (unpaired) electrons. The lowest BCUT2D eigenvalue weighted by atomic mass is 10.0. The normalized spacial score (nSPS) is 16.3. The Morgan fingerprint density at radius 2 is 1.71 bits per heavy atom. The third-order valence-corrected chi connectivity index (χ3v) is 3.84. The van der Waals surface area contributed by atoms with Crippen LogP contribution < -0.4 is 5.32 Å². The number of aromatic nitrogens is 3. The molecule has 120 valence electrons. The van der Waals surface area contributed by atoms with Gasteiger partial charge in [-0.05, 0) is 35.9 Å². The molecule has 0 saturated carbocycles. The zero-order valence-electron chi connectivity index (χ0n) is 12.2. The minimum absolute atomic E-state index is 0.220. The van der Waals surface area contributed by atoms with Crippen molar-refractivity contribution in [3.8, 4) is 0 Å². The van der Waals surface area contributed by atoms with Gasteiger partial charge in [0.05, 0.1) is 0 Å². The van der Waals surface area contributed by atoms with E-state index in [0.29, 0.717) is 11.6 Å². The van der Waals surface area contributed by atoms with Crippen LogP contribution in [0.4, 0.5) is 19.1 Å². The van der Waals surface area contributed by atoms with Crippen LogP contribution in [0.2, 0.25) is 0 Å². The van der Waals surface area contributed by atoms with Crippen LogP contribution in [0.15, 0.2) is 54.9 Å². The van der Waals surface area contributed by atoms with Gasteiger partial charge >= 0.3 is 0 Å². The Morgan fingerprint density at radius 3 is 2.46 bits per heavy atom. The van der Waals surface area contributed by atoms with Gasteiger partial charge in [-0.1, -0.05) is 12.1 Å². The molecule has 0 saturated heterocycles. The molecule has 1 N–H and O–H groups in total. The predicted octanol–water partition coefficient (Wildman–Crippen LogP) is 3.75. The summed E-state index contributed by atoms with van der Waals surface area (Å²) >= 11 is 0. The first-order valence-corrected chi connectivity index (χ1v) is 7.21. The molecule has 7 heteroatoms. The van der Waals surface area contributed by atoms with Gasteiger partial charge in [-0.15, -0.1) is 0 Å². The second kappa shape index (κ2) is 5.52. The van der Waals surface area contributed by atoms with Crippen molar-refractivity contribution in [1.29, 1.82) is 0 Å². The third-order valence-electron chi connectivity index (χ3n) is 3.84. The average Bonchev–Trinajstić information content (AvgIpc) is 3.03. The summed E-state index contributed by atoms with van der Waals surface area (Å²) in [7, 11) is 0. The zero-order valence-corrected chi connectivity index (χ0v) is 12.2. The summed E-state index contributed by atoms with van der Waals surface area (Å²) in [5.74, 6) is -1.25. The summed E-state index contributed by atoms with van der Waals surface area (Å²) in [5.41, 5.74) is 1.43. The van der Waals surface area contributed by atoms with E-state index in [0.717, 1.165) is 11.6 Å². The van der Waals surface area contributed by atoms with Crippen LogP contribution >= 0.6 is 0 Å². The molecule has 1 atom stereocenters. The van der Waals surface area contributed by atoms with E-state index in [-0.39, 0.29) is 17.4 Å². The second-order valence-electron chi connectivity index (χ2n) is 5.35. The molecule has 4 rings (SSSR count). The average molecular weight is 328 g/mol. The van der Waals surface area contributed by atoms with Gasteiger partial charge in [-0.3, -0.25) is 0 Å². The molecule has 0 unspecified atom stereocenters. The number of benzene rings is 2. The van der Waals surface area contributed by atoms with Crippen LogP contribution in [0, 0.1) is 17.5 Å². The predicted molar refractivity (Wildman–Crippen MR) is 82.5 cm³/mol. The molecule has 0 fully saturated rings. The Balaban J connectivity index is 1.82. The Kier molecular flexibility index (Phi) is 3.34. The van der Waals surface area contributed by atoms with Crippen molar-refractivity contribution in [1.82, 2.24) is 14.8 Å². The maximum atomic E-state index is 14.1. The molecule has 2 heterocycles. The summed E-state index contributed by atoms with van der Waals surface area (Å²) < 4.78 is 42.0. The summed E-state index contributed by atoms with van der Waals surface area (Å²) in [6.45, 7) is 0. The summed E-state index contributed by atoms with van der Waals surface area (Å²) in [6, 6.07) is 8.94. The van der Waals surface area contributed by atoms with Crippen molar-refractivity contribution in [2.45, 2.75) is 6.04 Å². The van der Waals surface area contributed by atoms with Crippen molar-refractivity contribution in [3.63, 3.8) is 0 Å². The summed E-state index contributed by atoms with van der Waals surface area (Å²) in [6.07, 6.45) is 3.11. The van der Waals surface area contributed by atoms with Crippen molar-refractivity contribution in [2.75, 3.05) is 5.32 Å². The monoisotopic (exact) mass is 328 g/mol. The first-order valence-electron chi connectivity index (χ1n) is 7.21. The van der Waals surface area contributed by atoms with Crippen molar-refractivity contribution in [2.24, 2.45) is 0 Å². The number of nitrogens with one attached hydrogen (secondary N) is 1. The fourth-order valence-electron chi connectivity index (χ4n) is 2.70. The van der Waals surface area contributed by atoms with E-state index < -0.39 is 11.6 Å². The van der Waals surface area contributed by atoms with Gasteiger partial charge in [0.2, 0.25) is 5.95 Å². The zero-order chi connectivity index (χ0) is 16.7. The van der Waals surface area contributed by atoms with Crippen molar-refractivity contribution >= 4 is 11.6 Å². The van der Waals surface area contributed by atoms with E-state index >= 15 is 0 Å². The number of halogens is 3. The van der Waals surface area contributed by atoms with Gasteiger partial charge < -0.3 is 5.32 Å². The molecular weight excluding hydrogens is 317 g/mol. The summed E-state index contributed by atoms with van der Waals surface area (Å²) in [4.78, 5) is 4.10. The highest BCUT2D eigenvalue weighted by atomic mass is 19.1. The van der Waals surface area contributed by atoms with E-state index in [4.69, 9.17) is 0 Å². The van der Waals surface area contributed by atoms with E-state index in [1.165, 1.54) is 30.6 Å². The van der Waals surface area contributed by atoms with Gasteiger partial charge in [0.1, 0.15) is 29.8 Å². The van der Waals surface area contributed by atoms with Crippen molar-refractivity contribution < 1.29 is 13.2 Å². The van der Waals surface area contributed by atoms with E-state index in [9.17, 15) is 13.2 Å². The van der Waals surface area contributed by atoms with Crippen LogP contribution in [0.1, 0.15) is 17.2 Å². The lowest BCUT2D eigenvalue weighted by Crippen LogP contribution is -2.20. The van der Waals surface area contributed by atoms with Gasteiger partial charge in [0.15, 0.2) is 0 Å². The number of hydrogen-bond donors (Lipinski definition) is 1. The maximum Gasteiger partial charge on any atom is 0.226 e. The Labute approximate surface area is 135 Å². The SMILES string of the molecule is Fc1ccc([C@@H]2C=C(c3ccc(F)cc3F)Nc3ncnn32)cc1. The molecule has 1 aromatic heterocycles. The van der Waals surface area contributed by atoms with E-state index in [1.807, 2.05) is 0 Å². The molecule has 3 aromatic rings. The summed E-state index contributed by atoms with van der Waals surface area (Å²) in [5, 5.41) is 7.13. The fourth-order valence-corrected chi connectivity index (χ4v) is 2.70. The largest absolute Gasteiger partial charge is 0.324 e. The number of anilines is 1. The molecule has 0 amide bonds. The van der Waals surface area contributed by atoms with Crippen LogP contribution in [-0.4, -0.2) is 14.8 Å². The van der Waals surface area contributed by atoms with Crippen LogP contribution in [0.5, 0.6) is 0 Å². The molecular formula is C17H11F3N4. The molecule has 0 spiro atoms. The molecule has 0 aliphatic carbocycles. The maximum absolute atomic E-state index is 14.1. The molecule has 4 nitrogen and oxygen atoms in total. The third kappa shape index (κ3) is 2.44. The molecule has 1 aliphatic rings. The topological polar surface area (TPSA) is 42.7 Å². The van der Waals surface area contributed by atoms with Crippen LogP contribution in [-0.2, 0) is 0 Å². The fraction of sp³-hybridized carbons (Fsp3) is 0.0588. The lowest BCUT2D eigenvalue weighted by molar-refractivity contribution is 0.579.